The number of nitrogens with zero attached hydrogens (tertiary/aromatic N) is 4. The number of anilines is 1. The molecule has 7 heteroatoms. The van der Waals surface area contributed by atoms with E-state index in [0.29, 0.717) is 17.3 Å². The second kappa shape index (κ2) is 4.36. The molecular formula is C9H10ClN5O. The van der Waals surface area contributed by atoms with Crippen molar-refractivity contribution < 1.29 is 4.74 Å². The van der Waals surface area contributed by atoms with Crippen molar-refractivity contribution in [1.82, 2.24) is 20.2 Å². The predicted octanol–water partition coefficient (Wildman–Crippen LogP) is 0.966. The van der Waals surface area contributed by atoms with Crippen LogP contribution in [-0.2, 0) is 6.54 Å². The highest BCUT2D eigenvalue weighted by atomic mass is 35.5. The predicted molar refractivity (Wildman–Crippen MR) is 59.3 cm³/mol. The molecule has 0 radical (unpaired) electrons. The van der Waals surface area contributed by atoms with E-state index in [0.717, 1.165) is 5.56 Å². The Morgan fingerprint density at radius 3 is 2.94 bits per heavy atom. The van der Waals surface area contributed by atoms with Crippen molar-refractivity contribution >= 4 is 17.5 Å². The molecule has 0 atom stereocenters. The average molecular weight is 240 g/mol. The molecule has 1 heterocycles. The number of rotatable bonds is 3. The third-order valence-corrected chi connectivity index (χ3v) is 2.52. The molecule has 0 amide bonds. The molecule has 0 saturated heterocycles. The summed E-state index contributed by atoms with van der Waals surface area (Å²) in [4.78, 5) is 0. The van der Waals surface area contributed by atoms with E-state index >= 15 is 0 Å². The summed E-state index contributed by atoms with van der Waals surface area (Å²) in [5.41, 5.74) is 6.37. The van der Waals surface area contributed by atoms with Crippen molar-refractivity contribution in [1.29, 1.82) is 0 Å². The van der Waals surface area contributed by atoms with Crippen LogP contribution >= 0.6 is 11.6 Å². The molecule has 16 heavy (non-hydrogen) atoms. The number of hydrogen-bond acceptors (Lipinski definition) is 5. The molecule has 6 nitrogen and oxygen atoms in total. The zero-order valence-corrected chi connectivity index (χ0v) is 9.35. The SMILES string of the molecule is COc1cccc(Cl)c1Cn1nnnc1N. The molecule has 84 valence electrons. The normalized spacial score (nSPS) is 10.4. The minimum atomic E-state index is 0.238. The van der Waals surface area contributed by atoms with E-state index in [1.54, 1.807) is 13.2 Å². The summed E-state index contributed by atoms with van der Waals surface area (Å²) >= 11 is 6.07. The van der Waals surface area contributed by atoms with Gasteiger partial charge in [0, 0.05) is 10.6 Å². The van der Waals surface area contributed by atoms with E-state index in [9.17, 15) is 0 Å². The van der Waals surface area contributed by atoms with E-state index in [1.165, 1.54) is 4.68 Å². The first-order valence-corrected chi connectivity index (χ1v) is 4.93. The minimum absolute atomic E-state index is 0.238. The van der Waals surface area contributed by atoms with E-state index in [4.69, 9.17) is 22.1 Å². The van der Waals surface area contributed by atoms with Crippen molar-refractivity contribution in [3.05, 3.63) is 28.8 Å². The molecule has 2 aromatic rings. The molecule has 0 unspecified atom stereocenters. The number of methoxy groups -OCH3 is 1. The first kappa shape index (κ1) is 10.7. The van der Waals surface area contributed by atoms with Crippen molar-refractivity contribution in [3.63, 3.8) is 0 Å². The number of nitrogens with two attached hydrogens (primary N) is 1. The maximum Gasteiger partial charge on any atom is 0.240 e. The molecule has 1 aromatic heterocycles. The van der Waals surface area contributed by atoms with Gasteiger partial charge >= 0.3 is 0 Å². The number of tetrazole rings is 1. The average Bonchev–Trinajstić information content (AvgIpc) is 2.67. The summed E-state index contributed by atoms with van der Waals surface area (Å²) in [5, 5.41) is 11.4. The van der Waals surface area contributed by atoms with Gasteiger partial charge in [-0.2, -0.15) is 0 Å². The van der Waals surface area contributed by atoms with E-state index in [-0.39, 0.29) is 5.95 Å². The fourth-order valence-corrected chi connectivity index (χ4v) is 1.58. The summed E-state index contributed by atoms with van der Waals surface area (Å²) < 4.78 is 6.66. The lowest BCUT2D eigenvalue weighted by molar-refractivity contribution is 0.407. The summed E-state index contributed by atoms with van der Waals surface area (Å²) in [6, 6.07) is 5.41. The standard InChI is InChI=1S/C9H10ClN5O/c1-16-8-4-2-3-7(10)6(8)5-15-9(11)12-13-14-15/h2-4H,5H2,1H3,(H2,11,12,14). The Hall–Kier alpha value is -1.82. The fraction of sp³-hybridized carbons (Fsp3) is 0.222. The number of benzene rings is 1. The Morgan fingerprint density at radius 2 is 2.31 bits per heavy atom. The smallest absolute Gasteiger partial charge is 0.240 e. The van der Waals surface area contributed by atoms with Crippen LogP contribution in [0.5, 0.6) is 5.75 Å². The van der Waals surface area contributed by atoms with Crippen LogP contribution in [-0.4, -0.2) is 27.3 Å². The van der Waals surface area contributed by atoms with Crippen LogP contribution in [0.1, 0.15) is 5.56 Å². The Morgan fingerprint density at radius 1 is 1.50 bits per heavy atom. The van der Waals surface area contributed by atoms with Crippen LogP contribution < -0.4 is 10.5 Å². The number of aromatic nitrogens is 4. The lowest BCUT2D eigenvalue weighted by Crippen LogP contribution is -2.08. The highest BCUT2D eigenvalue weighted by molar-refractivity contribution is 6.31. The third-order valence-electron chi connectivity index (χ3n) is 2.16. The van der Waals surface area contributed by atoms with E-state index < -0.39 is 0 Å². The maximum atomic E-state index is 6.07. The first-order chi connectivity index (χ1) is 7.72. The van der Waals surface area contributed by atoms with Gasteiger partial charge in [0.05, 0.1) is 13.7 Å². The van der Waals surface area contributed by atoms with E-state index in [1.807, 2.05) is 12.1 Å². The van der Waals surface area contributed by atoms with Crippen molar-refractivity contribution in [2.45, 2.75) is 6.54 Å². The Kier molecular flexibility index (Phi) is 2.91. The molecular weight excluding hydrogens is 230 g/mol. The largest absolute Gasteiger partial charge is 0.496 e. The summed E-state index contributed by atoms with van der Waals surface area (Å²) in [7, 11) is 1.58. The van der Waals surface area contributed by atoms with Crippen molar-refractivity contribution in [3.8, 4) is 5.75 Å². The lowest BCUT2D eigenvalue weighted by atomic mass is 10.2. The first-order valence-electron chi connectivity index (χ1n) is 4.55. The quantitative estimate of drug-likeness (QED) is 0.863. The minimum Gasteiger partial charge on any atom is -0.496 e. The maximum absolute atomic E-state index is 6.07. The van der Waals surface area contributed by atoms with Gasteiger partial charge in [-0.05, 0) is 22.6 Å². The van der Waals surface area contributed by atoms with Gasteiger partial charge in [0.1, 0.15) is 5.75 Å². The van der Waals surface area contributed by atoms with Gasteiger partial charge < -0.3 is 10.5 Å². The molecule has 0 aliphatic heterocycles. The van der Waals surface area contributed by atoms with Gasteiger partial charge in [-0.25, -0.2) is 4.68 Å². The zero-order chi connectivity index (χ0) is 11.5. The summed E-state index contributed by atoms with van der Waals surface area (Å²) in [6.45, 7) is 0.377. The number of ether oxygens (including phenoxy) is 1. The summed E-state index contributed by atoms with van der Waals surface area (Å²) in [5.74, 6) is 0.921. The van der Waals surface area contributed by atoms with Crippen molar-refractivity contribution in [2.75, 3.05) is 12.8 Å². The number of nitrogen functional groups attached to an aromatic ring is 1. The monoisotopic (exact) mass is 239 g/mol. The van der Waals surface area contributed by atoms with Crippen LogP contribution in [0.3, 0.4) is 0 Å². The van der Waals surface area contributed by atoms with Gasteiger partial charge in [-0.15, -0.1) is 0 Å². The Balaban J connectivity index is 2.37. The second-order valence-corrected chi connectivity index (χ2v) is 3.52. The summed E-state index contributed by atoms with van der Waals surface area (Å²) in [6.07, 6.45) is 0. The highest BCUT2D eigenvalue weighted by Crippen LogP contribution is 2.27. The molecule has 0 fully saturated rings. The van der Waals surface area contributed by atoms with Crippen molar-refractivity contribution in [2.24, 2.45) is 0 Å². The molecule has 0 spiro atoms. The molecule has 2 rings (SSSR count). The van der Waals surface area contributed by atoms with Crippen LogP contribution in [0.15, 0.2) is 18.2 Å². The van der Waals surface area contributed by atoms with Gasteiger partial charge in [0.2, 0.25) is 5.95 Å². The molecule has 1 aromatic carbocycles. The van der Waals surface area contributed by atoms with E-state index in [2.05, 4.69) is 15.5 Å². The number of halogens is 1. The highest BCUT2D eigenvalue weighted by Gasteiger charge is 2.10. The van der Waals surface area contributed by atoms with Gasteiger partial charge in [-0.1, -0.05) is 22.8 Å². The van der Waals surface area contributed by atoms with Gasteiger partial charge in [-0.3, -0.25) is 0 Å². The zero-order valence-electron chi connectivity index (χ0n) is 8.59. The van der Waals surface area contributed by atoms with Gasteiger partial charge in [0.15, 0.2) is 0 Å². The molecule has 0 aliphatic carbocycles. The Bertz CT molecular complexity index is 498. The Labute approximate surface area is 97.0 Å². The lowest BCUT2D eigenvalue weighted by Gasteiger charge is -2.09. The molecule has 0 saturated carbocycles. The number of hydrogen-bond donors (Lipinski definition) is 1. The topological polar surface area (TPSA) is 78.8 Å². The molecule has 0 bridgehead atoms. The second-order valence-electron chi connectivity index (χ2n) is 3.12. The molecule has 0 aliphatic rings. The van der Waals surface area contributed by atoms with Crippen LogP contribution in [0.2, 0.25) is 5.02 Å². The van der Waals surface area contributed by atoms with Crippen LogP contribution in [0.25, 0.3) is 0 Å². The van der Waals surface area contributed by atoms with Crippen LogP contribution in [0, 0.1) is 0 Å². The van der Waals surface area contributed by atoms with Gasteiger partial charge in [0.25, 0.3) is 0 Å². The fourth-order valence-electron chi connectivity index (χ4n) is 1.36. The third kappa shape index (κ3) is 1.92. The van der Waals surface area contributed by atoms with Crippen LogP contribution in [0.4, 0.5) is 5.95 Å². The molecule has 2 N–H and O–H groups in total.